The molecule has 0 aromatic heterocycles. The number of hydrogen-bond acceptors (Lipinski definition) is 3. The van der Waals surface area contributed by atoms with Crippen LogP contribution in [0.15, 0.2) is 59.5 Å². The average Bonchev–Trinajstić information content (AvgIpc) is 2.67. The van der Waals surface area contributed by atoms with Crippen LogP contribution in [0.1, 0.15) is 27.0 Å². The Bertz CT molecular complexity index is 1240. The molecule has 0 aliphatic rings. The first-order valence-electron chi connectivity index (χ1n) is 9.04. The van der Waals surface area contributed by atoms with E-state index in [0.29, 0.717) is 16.4 Å². The van der Waals surface area contributed by atoms with Gasteiger partial charge in [-0.1, -0.05) is 35.3 Å². The Balaban J connectivity index is 1.92. The van der Waals surface area contributed by atoms with Crippen molar-refractivity contribution in [1.29, 1.82) is 0 Å². The summed E-state index contributed by atoms with van der Waals surface area (Å²) in [4.78, 5) is 12.5. The maximum absolute atomic E-state index is 13.0. The van der Waals surface area contributed by atoms with Crippen molar-refractivity contribution in [3.8, 4) is 0 Å². The topological polar surface area (TPSA) is 75.3 Å². The third-order valence-electron chi connectivity index (χ3n) is 4.56. The minimum atomic E-state index is -4.01. The smallest absolute Gasteiger partial charge is 0.263 e. The lowest BCUT2D eigenvalue weighted by Gasteiger charge is -2.14. The number of rotatable bonds is 5. The molecule has 0 saturated carbocycles. The summed E-state index contributed by atoms with van der Waals surface area (Å²) in [6.45, 7) is 5.48. The first-order valence-corrected chi connectivity index (χ1v) is 11.3. The Morgan fingerprint density at radius 1 is 0.833 bits per heavy atom. The Hall–Kier alpha value is -2.54. The van der Waals surface area contributed by atoms with Crippen LogP contribution in [0.2, 0.25) is 10.0 Å². The number of nitrogens with one attached hydrogen (secondary N) is 2. The van der Waals surface area contributed by atoms with E-state index in [1.807, 2.05) is 26.0 Å². The molecule has 0 bridgehead atoms. The van der Waals surface area contributed by atoms with Gasteiger partial charge in [0.25, 0.3) is 15.9 Å². The number of benzene rings is 3. The maximum Gasteiger partial charge on any atom is 0.263 e. The fraction of sp³-hybridized carbons (Fsp3) is 0.136. The van der Waals surface area contributed by atoms with Crippen molar-refractivity contribution in [2.45, 2.75) is 25.7 Å². The SMILES string of the molecule is Cc1ccc(C)c(NS(=O)(=O)c2cc(C(=O)Nc3ccc(Cl)cc3C)ccc2Cl)c1. The highest BCUT2D eigenvalue weighted by molar-refractivity contribution is 7.92. The molecule has 1 amide bonds. The zero-order chi connectivity index (χ0) is 22.1. The van der Waals surface area contributed by atoms with E-state index in [1.54, 1.807) is 31.2 Å². The first-order chi connectivity index (χ1) is 14.1. The lowest BCUT2D eigenvalue weighted by atomic mass is 10.1. The molecule has 3 aromatic carbocycles. The Morgan fingerprint density at radius 3 is 2.27 bits per heavy atom. The second kappa shape index (κ2) is 8.68. The molecular formula is C22H20Cl2N2O3S. The molecular weight excluding hydrogens is 443 g/mol. The number of carbonyl (C=O) groups excluding carboxylic acids is 1. The Kier molecular flexibility index (Phi) is 6.41. The predicted octanol–water partition coefficient (Wildman–Crippen LogP) is 5.97. The standard InChI is InChI=1S/C22H20Cl2N2O3S/c1-13-4-5-14(2)20(10-13)26-30(28,29)21-12-16(6-8-18(21)24)22(27)25-19-9-7-17(23)11-15(19)3/h4-12,26H,1-3H3,(H,25,27). The van der Waals surface area contributed by atoms with Gasteiger partial charge in [-0.2, -0.15) is 0 Å². The van der Waals surface area contributed by atoms with Crippen molar-refractivity contribution >= 4 is 50.5 Å². The van der Waals surface area contributed by atoms with E-state index >= 15 is 0 Å². The summed E-state index contributed by atoms with van der Waals surface area (Å²) in [5.74, 6) is -0.458. The normalized spacial score (nSPS) is 11.2. The van der Waals surface area contributed by atoms with Crippen LogP contribution >= 0.6 is 23.2 Å². The van der Waals surface area contributed by atoms with E-state index in [9.17, 15) is 13.2 Å². The quantitative estimate of drug-likeness (QED) is 0.490. The fourth-order valence-corrected chi connectivity index (χ4v) is 4.73. The zero-order valence-electron chi connectivity index (χ0n) is 16.6. The van der Waals surface area contributed by atoms with E-state index in [1.165, 1.54) is 18.2 Å². The minimum absolute atomic E-state index is 0.0204. The first kappa shape index (κ1) is 22.2. The summed E-state index contributed by atoms with van der Waals surface area (Å²) in [5, 5.41) is 3.34. The summed E-state index contributed by atoms with van der Waals surface area (Å²) >= 11 is 12.1. The Labute approximate surface area is 186 Å². The van der Waals surface area contributed by atoms with Gasteiger partial charge in [0.15, 0.2) is 0 Å². The molecule has 5 nitrogen and oxygen atoms in total. The molecule has 0 atom stereocenters. The van der Waals surface area contributed by atoms with Gasteiger partial charge >= 0.3 is 0 Å². The van der Waals surface area contributed by atoms with Crippen LogP contribution in [-0.2, 0) is 10.0 Å². The lowest BCUT2D eigenvalue weighted by Crippen LogP contribution is -2.17. The van der Waals surface area contributed by atoms with E-state index in [2.05, 4.69) is 10.0 Å². The molecule has 0 aliphatic carbocycles. The van der Waals surface area contributed by atoms with Crippen molar-refractivity contribution in [1.82, 2.24) is 0 Å². The number of halogens is 2. The van der Waals surface area contributed by atoms with E-state index in [0.717, 1.165) is 16.7 Å². The average molecular weight is 463 g/mol. The van der Waals surface area contributed by atoms with Gasteiger partial charge in [-0.3, -0.25) is 9.52 Å². The number of carbonyl (C=O) groups is 1. The summed E-state index contributed by atoms with van der Waals surface area (Å²) in [5.41, 5.74) is 3.67. The zero-order valence-corrected chi connectivity index (χ0v) is 18.9. The van der Waals surface area contributed by atoms with Crippen molar-refractivity contribution in [2.24, 2.45) is 0 Å². The second-order valence-electron chi connectivity index (χ2n) is 6.98. The molecule has 3 rings (SSSR count). The summed E-state index contributed by atoms with van der Waals surface area (Å²) in [6.07, 6.45) is 0. The summed E-state index contributed by atoms with van der Waals surface area (Å²) in [7, 11) is -4.01. The van der Waals surface area contributed by atoms with Gasteiger partial charge in [-0.05, 0) is 79.9 Å². The van der Waals surface area contributed by atoms with Crippen molar-refractivity contribution < 1.29 is 13.2 Å². The maximum atomic E-state index is 13.0. The molecule has 0 fully saturated rings. The van der Waals surface area contributed by atoms with Crippen molar-refractivity contribution in [3.05, 3.63) is 86.9 Å². The van der Waals surface area contributed by atoms with E-state index < -0.39 is 15.9 Å². The lowest BCUT2D eigenvalue weighted by molar-refractivity contribution is 0.102. The van der Waals surface area contributed by atoms with E-state index in [-0.39, 0.29) is 15.5 Å². The van der Waals surface area contributed by atoms with Crippen LogP contribution in [0, 0.1) is 20.8 Å². The molecule has 0 spiro atoms. The largest absolute Gasteiger partial charge is 0.322 e. The van der Waals surface area contributed by atoms with Gasteiger partial charge in [0.2, 0.25) is 0 Å². The van der Waals surface area contributed by atoms with Crippen LogP contribution in [-0.4, -0.2) is 14.3 Å². The van der Waals surface area contributed by atoms with Crippen molar-refractivity contribution in [3.63, 3.8) is 0 Å². The molecule has 0 radical (unpaired) electrons. The van der Waals surface area contributed by atoms with Gasteiger partial charge in [0.05, 0.1) is 10.7 Å². The molecule has 0 heterocycles. The van der Waals surface area contributed by atoms with Gasteiger partial charge in [0, 0.05) is 16.3 Å². The molecule has 0 aliphatic heterocycles. The van der Waals surface area contributed by atoms with E-state index in [4.69, 9.17) is 23.2 Å². The predicted molar refractivity (Wildman–Crippen MR) is 122 cm³/mol. The van der Waals surface area contributed by atoms with Crippen LogP contribution in [0.3, 0.4) is 0 Å². The van der Waals surface area contributed by atoms with Gasteiger partial charge in [-0.25, -0.2) is 8.42 Å². The van der Waals surface area contributed by atoms with Crippen LogP contribution in [0.5, 0.6) is 0 Å². The van der Waals surface area contributed by atoms with Crippen LogP contribution in [0.25, 0.3) is 0 Å². The Morgan fingerprint density at radius 2 is 1.57 bits per heavy atom. The van der Waals surface area contributed by atoms with Crippen LogP contribution < -0.4 is 10.0 Å². The molecule has 0 unspecified atom stereocenters. The number of sulfonamides is 1. The molecule has 0 saturated heterocycles. The minimum Gasteiger partial charge on any atom is -0.322 e. The number of aryl methyl sites for hydroxylation is 3. The highest BCUT2D eigenvalue weighted by atomic mass is 35.5. The summed E-state index contributed by atoms with van der Waals surface area (Å²) in [6, 6.07) is 14.7. The number of amides is 1. The molecule has 8 heteroatoms. The summed E-state index contributed by atoms with van der Waals surface area (Å²) < 4.78 is 28.5. The molecule has 2 N–H and O–H groups in total. The monoisotopic (exact) mass is 462 g/mol. The number of hydrogen-bond donors (Lipinski definition) is 2. The fourth-order valence-electron chi connectivity index (χ4n) is 2.86. The number of anilines is 2. The van der Waals surface area contributed by atoms with Crippen LogP contribution in [0.4, 0.5) is 11.4 Å². The molecule has 156 valence electrons. The molecule has 30 heavy (non-hydrogen) atoms. The molecule has 3 aromatic rings. The third-order valence-corrected chi connectivity index (χ3v) is 6.64. The highest BCUT2D eigenvalue weighted by Crippen LogP contribution is 2.27. The third kappa shape index (κ3) is 4.95. The highest BCUT2D eigenvalue weighted by Gasteiger charge is 2.21. The van der Waals surface area contributed by atoms with Crippen molar-refractivity contribution in [2.75, 3.05) is 10.0 Å². The second-order valence-corrected chi connectivity index (χ2v) is 9.48. The van der Waals surface area contributed by atoms with Gasteiger partial charge in [0.1, 0.15) is 4.90 Å². The van der Waals surface area contributed by atoms with Gasteiger partial charge in [-0.15, -0.1) is 0 Å². The van der Waals surface area contributed by atoms with Gasteiger partial charge < -0.3 is 5.32 Å².